The molecular formula is C15H17N3O4S. The van der Waals surface area contributed by atoms with E-state index in [2.05, 4.69) is 9.59 Å². The molecule has 8 heteroatoms. The molecular weight excluding hydrogens is 318 g/mol. The third-order valence-corrected chi connectivity index (χ3v) is 4.30. The summed E-state index contributed by atoms with van der Waals surface area (Å²) in [5.41, 5.74) is 0.329. The molecule has 122 valence electrons. The zero-order valence-corrected chi connectivity index (χ0v) is 13.8. The number of aryl methyl sites for hydroxylation is 2. The van der Waals surface area contributed by atoms with Crippen LogP contribution in [0.15, 0.2) is 21.3 Å². The first kappa shape index (κ1) is 15.7. The van der Waals surface area contributed by atoms with Gasteiger partial charge in [0.25, 0.3) is 5.91 Å². The standard InChI is InChI=1S/C15H17N3O4S/c1-3-4-12-14(23-17-16-12)15(20)18-7-11(8-18)22-10-5-9(2)21-13(19)6-10/h5-6,11H,3-4,7-8H2,1-2H3. The van der Waals surface area contributed by atoms with Crippen LogP contribution in [-0.2, 0) is 6.42 Å². The highest BCUT2D eigenvalue weighted by Gasteiger charge is 2.34. The number of aromatic nitrogens is 2. The first-order valence-electron chi connectivity index (χ1n) is 7.45. The fourth-order valence-electron chi connectivity index (χ4n) is 2.43. The highest BCUT2D eigenvalue weighted by molar-refractivity contribution is 7.08. The molecule has 2 aromatic rings. The Labute approximate surface area is 137 Å². The Morgan fingerprint density at radius 3 is 2.96 bits per heavy atom. The van der Waals surface area contributed by atoms with Gasteiger partial charge in [-0.05, 0) is 24.9 Å². The van der Waals surface area contributed by atoms with E-state index in [9.17, 15) is 9.59 Å². The van der Waals surface area contributed by atoms with Gasteiger partial charge in [0, 0.05) is 6.07 Å². The predicted octanol–water partition coefficient (Wildman–Crippen LogP) is 1.66. The van der Waals surface area contributed by atoms with Crippen LogP contribution in [0.2, 0.25) is 0 Å². The summed E-state index contributed by atoms with van der Waals surface area (Å²) in [5, 5.41) is 4.02. The molecule has 0 bridgehead atoms. The molecule has 7 nitrogen and oxygen atoms in total. The quantitative estimate of drug-likeness (QED) is 0.826. The molecule has 1 amide bonds. The van der Waals surface area contributed by atoms with Crippen molar-refractivity contribution in [1.29, 1.82) is 0 Å². The molecule has 2 aromatic heterocycles. The molecule has 3 rings (SSSR count). The van der Waals surface area contributed by atoms with Crippen molar-refractivity contribution in [2.24, 2.45) is 0 Å². The molecule has 0 aliphatic carbocycles. The van der Waals surface area contributed by atoms with Gasteiger partial charge in [-0.25, -0.2) is 4.79 Å². The molecule has 1 aliphatic heterocycles. The Kier molecular flexibility index (Phi) is 4.42. The van der Waals surface area contributed by atoms with Gasteiger partial charge in [0.05, 0.1) is 24.8 Å². The molecule has 3 heterocycles. The maximum atomic E-state index is 12.4. The van der Waals surface area contributed by atoms with Crippen molar-refractivity contribution < 1.29 is 13.9 Å². The Hall–Kier alpha value is -2.22. The number of carbonyl (C=O) groups is 1. The van der Waals surface area contributed by atoms with Crippen LogP contribution in [0.4, 0.5) is 0 Å². The van der Waals surface area contributed by atoms with Gasteiger partial charge in [-0.3, -0.25) is 4.79 Å². The average Bonchev–Trinajstić information content (AvgIpc) is 2.89. The zero-order chi connectivity index (χ0) is 16.4. The minimum Gasteiger partial charge on any atom is -0.486 e. The maximum Gasteiger partial charge on any atom is 0.339 e. The molecule has 0 spiro atoms. The third-order valence-electron chi connectivity index (χ3n) is 3.54. The van der Waals surface area contributed by atoms with E-state index in [1.165, 1.54) is 6.07 Å². The van der Waals surface area contributed by atoms with Crippen molar-refractivity contribution >= 4 is 17.4 Å². The Morgan fingerprint density at radius 1 is 1.48 bits per heavy atom. The molecule has 0 unspecified atom stereocenters. The summed E-state index contributed by atoms with van der Waals surface area (Å²) in [6, 6.07) is 2.97. The van der Waals surface area contributed by atoms with Gasteiger partial charge in [0.15, 0.2) is 0 Å². The molecule has 0 N–H and O–H groups in total. The fraction of sp³-hybridized carbons (Fsp3) is 0.467. The summed E-state index contributed by atoms with van der Waals surface area (Å²) in [6.07, 6.45) is 1.56. The van der Waals surface area contributed by atoms with Gasteiger partial charge in [0.1, 0.15) is 22.5 Å². The summed E-state index contributed by atoms with van der Waals surface area (Å²) in [4.78, 5) is 26.0. The lowest BCUT2D eigenvalue weighted by molar-refractivity contribution is 0.0177. The van der Waals surface area contributed by atoms with Crippen LogP contribution in [0.1, 0.15) is 34.5 Å². The second-order valence-corrected chi connectivity index (χ2v) is 6.23. The van der Waals surface area contributed by atoms with E-state index in [0.29, 0.717) is 29.5 Å². The van der Waals surface area contributed by atoms with E-state index >= 15 is 0 Å². The SMILES string of the molecule is CCCc1nnsc1C(=O)N1CC(Oc2cc(C)oc(=O)c2)C1. The van der Waals surface area contributed by atoms with E-state index in [1.54, 1.807) is 17.9 Å². The summed E-state index contributed by atoms with van der Waals surface area (Å²) in [5.74, 6) is 0.925. The van der Waals surface area contributed by atoms with Crippen molar-refractivity contribution in [1.82, 2.24) is 14.5 Å². The smallest absolute Gasteiger partial charge is 0.339 e. The molecule has 1 saturated heterocycles. The van der Waals surface area contributed by atoms with Gasteiger partial charge in [-0.15, -0.1) is 5.10 Å². The number of hydrogen-bond donors (Lipinski definition) is 0. The van der Waals surface area contributed by atoms with Gasteiger partial charge < -0.3 is 14.1 Å². The lowest BCUT2D eigenvalue weighted by atomic mass is 10.1. The van der Waals surface area contributed by atoms with Crippen molar-refractivity contribution in [3.63, 3.8) is 0 Å². The van der Waals surface area contributed by atoms with E-state index < -0.39 is 5.63 Å². The minimum atomic E-state index is -0.438. The van der Waals surface area contributed by atoms with Crippen LogP contribution >= 0.6 is 11.5 Å². The lowest BCUT2D eigenvalue weighted by Crippen LogP contribution is -2.56. The normalized spacial score (nSPS) is 14.6. The molecule has 1 fully saturated rings. The zero-order valence-electron chi connectivity index (χ0n) is 12.9. The van der Waals surface area contributed by atoms with Crippen LogP contribution in [0.25, 0.3) is 0 Å². The number of amides is 1. The van der Waals surface area contributed by atoms with E-state index in [4.69, 9.17) is 9.15 Å². The molecule has 0 saturated carbocycles. The molecule has 0 aromatic carbocycles. The van der Waals surface area contributed by atoms with Crippen molar-refractivity contribution in [3.05, 3.63) is 38.9 Å². The van der Waals surface area contributed by atoms with Crippen LogP contribution < -0.4 is 10.4 Å². The molecule has 0 radical (unpaired) electrons. The van der Waals surface area contributed by atoms with Crippen LogP contribution in [-0.4, -0.2) is 39.6 Å². The molecule has 1 aliphatic rings. The van der Waals surface area contributed by atoms with Crippen molar-refractivity contribution in [3.8, 4) is 5.75 Å². The van der Waals surface area contributed by atoms with E-state index in [1.807, 2.05) is 6.92 Å². The van der Waals surface area contributed by atoms with E-state index in [-0.39, 0.29) is 12.0 Å². The number of likely N-dealkylation sites (tertiary alicyclic amines) is 1. The summed E-state index contributed by atoms with van der Waals surface area (Å²) in [7, 11) is 0. The second kappa shape index (κ2) is 6.49. The first-order valence-corrected chi connectivity index (χ1v) is 8.23. The number of rotatable bonds is 5. The number of hydrogen-bond acceptors (Lipinski definition) is 7. The predicted molar refractivity (Wildman–Crippen MR) is 83.9 cm³/mol. The minimum absolute atomic E-state index is 0.0490. The number of nitrogens with zero attached hydrogens (tertiary/aromatic N) is 3. The largest absolute Gasteiger partial charge is 0.486 e. The van der Waals surface area contributed by atoms with Gasteiger partial charge >= 0.3 is 5.63 Å². The Balaban J connectivity index is 1.59. The molecule has 23 heavy (non-hydrogen) atoms. The topological polar surface area (TPSA) is 85.5 Å². The highest BCUT2D eigenvalue weighted by Crippen LogP contribution is 2.22. The third kappa shape index (κ3) is 3.42. The Morgan fingerprint density at radius 2 is 2.26 bits per heavy atom. The molecule has 0 atom stereocenters. The lowest BCUT2D eigenvalue weighted by Gasteiger charge is -2.38. The van der Waals surface area contributed by atoms with Crippen LogP contribution in [0, 0.1) is 6.92 Å². The summed E-state index contributed by atoms with van der Waals surface area (Å²) in [6.45, 7) is 4.71. The fourth-order valence-corrected chi connectivity index (χ4v) is 3.11. The highest BCUT2D eigenvalue weighted by atomic mass is 32.1. The maximum absolute atomic E-state index is 12.4. The Bertz CT molecular complexity index is 764. The van der Waals surface area contributed by atoms with Crippen LogP contribution in [0.3, 0.4) is 0 Å². The van der Waals surface area contributed by atoms with Gasteiger partial charge in [-0.1, -0.05) is 17.8 Å². The number of ether oxygens (including phenoxy) is 1. The number of carbonyl (C=O) groups excluding carboxylic acids is 1. The van der Waals surface area contributed by atoms with Crippen LogP contribution in [0.5, 0.6) is 5.75 Å². The van der Waals surface area contributed by atoms with Gasteiger partial charge in [-0.2, -0.15) is 0 Å². The second-order valence-electron chi connectivity index (χ2n) is 5.47. The van der Waals surface area contributed by atoms with Crippen molar-refractivity contribution in [2.75, 3.05) is 13.1 Å². The van der Waals surface area contributed by atoms with E-state index in [0.717, 1.165) is 30.1 Å². The van der Waals surface area contributed by atoms with Crippen molar-refractivity contribution in [2.45, 2.75) is 32.8 Å². The summed E-state index contributed by atoms with van der Waals surface area (Å²) < 4.78 is 14.5. The monoisotopic (exact) mass is 335 g/mol. The first-order chi connectivity index (χ1) is 11.1. The average molecular weight is 335 g/mol. The summed E-state index contributed by atoms with van der Waals surface area (Å²) >= 11 is 1.14. The van der Waals surface area contributed by atoms with Gasteiger partial charge in [0.2, 0.25) is 0 Å².